The fourth-order valence-corrected chi connectivity index (χ4v) is 18.8. The van der Waals surface area contributed by atoms with Crippen molar-refractivity contribution in [3.05, 3.63) is 364 Å². The summed E-state index contributed by atoms with van der Waals surface area (Å²) in [4.78, 5) is 0. The summed E-state index contributed by atoms with van der Waals surface area (Å²) in [6.45, 7) is 0. The number of thiophene rings is 2. The molecule has 476 valence electrons. The van der Waals surface area contributed by atoms with Gasteiger partial charge in [0, 0.05) is 106 Å². The van der Waals surface area contributed by atoms with E-state index in [-0.39, 0.29) is 0 Å². The number of rotatable bonds is 8. The van der Waals surface area contributed by atoms with E-state index >= 15 is 0 Å². The van der Waals surface area contributed by atoms with E-state index in [4.69, 9.17) is 0 Å². The highest BCUT2D eigenvalue weighted by Gasteiger charge is 2.23. The first-order chi connectivity index (χ1) is 50.6. The van der Waals surface area contributed by atoms with Gasteiger partial charge in [0.25, 0.3) is 0 Å². The molecule has 22 rings (SSSR count). The fourth-order valence-electron chi connectivity index (χ4n) is 16.4. The SMILES string of the molecule is c1ccc(-c2ccc(-n3c4ccccc4c4cc(-c5ccc6c(c5)c5c7c(ccc5n6-c5ccccc5)sc5ccccc57)ccc43)cc2)cc1.c1ccc(-c2ccc(-n3c4ccccc4c4cc(-c5ccc6c(c5)c5c7sc8ccccc8c7ccc5n6-c5ccccc5)ccc43)cc2)cc1. The molecule has 6 aromatic heterocycles. The van der Waals surface area contributed by atoms with Gasteiger partial charge in [0.15, 0.2) is 0 Å². The average Bonchev–Trinajstić information content (AvgIpc) is 1.57. The Labute approximate surface area is 595 Å². The topological polar surface area (TPSA) is 19.7 Å². The number of benzene rings is 16. The molecule has 0 saturated carbocycles. The summed E-state index contributed by atoms with van der Waals surface area (Å²) in [5.41, 5.74) is 24.2. The molecule has 0 atom stereocenters. The van der Waals surface area contributed by atoms with Crippen LogP contribution in [0.15, 0.2) is 364 Å². The van der Waals surface area contributed by atoms with E-state index in [1.54, 1.807) is 0 Å². The Bertz CT molecular complexity index is 7070. The molecule has 0 aliphatic heterocycles. The van der Waals surface area contributed by atoms with Gasteiger partial charge in [-0.15, -0.1) is 22.7 Å². The molecule has 4 nitrogen and oxygen atoms in total. The molecule has 0 spiro atoms. The van der Waals surface area contributed by atoms with Crippen molar-refractivity contribution in [1.82, 2.24) is 18.3 Å². The first-order valence-corrected chi connectivity index (χ1v) is 36.5. The smallest absolute Gasteiger partial charge is 0.0555 e. The molecule has 102 heavy (non-hydrogen) atoms. The van der Waals surface area contributed by atoms with E-state index < -0.39 is 0 Å². The standard InChI is InChI=1S/2C48H30N2S/c1-3-11-31(12-4-1)32-19-23-36(24-20-32)49-42-17-9-7-15-37(42)40-29-33(21-26-43(40)49)34-22-27-44-41(30-34)47-45(50(44)35-13-5-2-6-14-35)28-25-39-38-16-8-10-18-46(38)51-48(39)47;1-3-11-31(12-4-1)32-19-23-36(24-20-32)49-41-17-9-7-15-37(41)39-29-33(21-25-42(39)49)34-22-26-43-40(30-34)47-44(50(43)35-13-5-2-6-14-35)27-28-46-48(47)38-16-8-10-18-45(38)51-46/h2*1-30H. The lowest BCUT2D eigenvalue weighted by Crippen LogP contribution is -1.94. The van der Waals surface area contributed by atoms with Crippen LogP contribution in [0.2, 0.25) is 0 Å². The van der Waals surface area contributed by atoms with E-state index in [1.165, 1.54) is 183 Å². The molecule has 0 aliphatic carbocycles. The summed E-state index contributed by atoms with van der Waals surface area (Å²) in [6.07, 6.45) is 0. The normalized spacial score (nSPS) is 11.9. The predicted octanol–water partition coefficient (Wildman–Crippen LogP) is 27.2. The monoisotopic (exact) mass is 1330 g/mol. The maximum Gasteiger partial charge on any atom is 0.0555 e. The lowest BCUT2D eigenvalue weighted by atomic mass is 9.99. The number of hydrogen-bond donors (Lipinski definition) is 0. The Kier molecular flexibility index (Phi) is 13.3. The lowest BCUT2D eigenvalue weighted by molar-refractivity contribution is 1.18. The third-order valence-electron chi connectivity index (χ3n) is 21.0. The fraction of sp³-hybridized carbons (Fsp3) is 0. The quantitative estimate of drug-likeness (QED) is 0.144. The molecule has 0 amide bonds. The zero-order chi connectivity index (χ0) is 66.9. The second-order valence-corrected chi connectivity index (χ2v) is 28.8. The Morgan fingerprint density at radius 1 is 0.157 bits per heavy atom. The summed E-state index contributed by atoms with van der Waals surface area (Å²) >= 11 is 3.79. The summed E-state index contributed by atoms with van der Waals surface area (Å²) in [5, 5.41) is 15.6. The largest absolute Gasteiger partial charge is 0.309 e. The van der Waals surface area contributed by atoms with Crippen LogP contribution in [-0.2, 0) is 0 Å². The third kappa shape index (κ3) is 9.20. The molecule has 0 fully saturated rings. The molecule has 22 aromatic rings. The summed E-state index contributed by atoms with van der Waals surface area (Å²) < 4.78 is 15.0. The molecular weight excluding hydrogens is 1270 g/mol. The van der Waals surface area contributed by atoms with Gasteiger partial charge in [-0.3, -0.25) is 0 Å². The zero-order valence-electron chi connectivity index (χ0n) is 55.2. The van der Waals surface area contributed by atoms with Crippen molar-refractivity contribution in [3.63, 3.8) is 0 Å². The molecule has 6 heteroatoms. The minimum atomic E-state index is 1.16. The van der Waals surface area contributed by atoms with Crippen molar-refractivity contribution in [2.45, 2.75) is 0 Å². The van der Waals surface area contributed by atoms with Crippen LogP contribution in [0.5, 0.6) is 0 Å². The van der Waals surface area contributed by atoms with Crippen LogP contribution < -0.4 is 0 Å². The highest BCUT2D eigenvalue weighted by Crippen LogP contribution is 2.48. The first-order valence-electron chi connectivity index (χ1n) is 34.9. The van der Waals surface area contributed by atoms with Crippen LogP contribution in [0.25, 0.3) is 195 Å². The van der Waals surface area contributed by atoms with Crippen molar-refractivity contribution in [1.29, 1.82) is 0 Å². The van der Waals surface area contributed by atoms with E-state index in [1.807, 2.05) is 22.7 Å². The third-order valence-corrected chi connectivity index (χ3v) is 23.4. The summed E-state index contributed by atoms with van der Waals surface area (Å²) in [5.74, 6) is 0. The van der Waals surface area contributed by atoms with Gasteiger partial charge in [0.2, 0.25) is 0 Å². The van der Waals surface area contributed by atoms with Crippen LogP contribution in [0.1, 0.15) is 0 Å². The van der Waals surface area contributed by atoms with E-state index in [9.17, 15) is 0 Å². The summed E-state index contributed by atoms with van der Waals surface area (Å²) in [7, 11) is 0. The van der Waals surface area contributed by atoms with Gasteiger partial charge >= 0.3 is 0 Å². The Morgan fingerprint density at radius 3 is 0.980 bits per heavy atom. The number of aromatic nitrogens is 4. The van der Waals surface area contributed by atoms with Gasteiger partial charge in [-0.1, -0.05) is 224 Å². The predicted molar refractivity (Wildman–Crippen MR) is 438 cm³/mol. The van der Waals surface area contributed by atoms with Crippen LogP contribution in [0.3, 0.4) is 0 Å². The van der Waals surface area contributed by atoms with Crippen molar-refractivity contribution in [2.24, 2.45) is 0 Å². The molecule has 0 aliphatic rings. The molecule has 0 unspecified atom stereocenters. The van der Waals surface area contributed by atoms with Gasteiger partial charge in [-0.2, -0.15) is 0 Å². The van der Waals surface area contributed by atoms with E-state index in [0.29, 0.717) is 0 Å². The van der Waals surface area contributed by atoms with Crippen molar-refractivity contribution in [2.75, 3.05) is 0 Å². The minimum absolute atomic E-state index is 1.16. The number of para-hydroxylation sites is 4. The highest BCUT2D eigenvalue weighted by molar-refractivity contribution is 7.27. The van der Waals surface area contributed by atoms with E-state index in [2.05, 4.69) is 382 Å². The van der Waals surface area contributed by atoms with Crippen LogP contribution in [-0.4, -0.2) is 18.3 Å². The highest BCUT2D eigenvalue weighted by atomic mass is 32.1. The molecule has 0 saturated heterocycles. The van der Waals surface area contributed by atoms with Gasteiger partial charge in [0.1, 0.15) is 0 Å². The first kappa shape index (κ1) is 58.2. The Morgan fingerprint density at radius 2 is 0.480 bits per heavy atom. The van der Waals surface area contributed by atoms with Crippen molar-refractivity contribution >= 4 is 150 Å². The van der Waals surface area contributed by atoms with Crippen molar-refractivity contribution in [3.8, 4) is 67.3 Å². The molecule has 16 aromatic carbocycles. The van der Waals surface area contributed by atoms with Gasteiger partial charge in [0.05, 0.1) is 44.1 Å². The van der Waals surface area contributed by atoms with Crippen LogP contribution in [0, 0.1) is 0 Å². The summed E-state index contributed by atoms with van der Waals surface area (Å²) in [6, 6.07) is 133. The van der Waals surface area contributed by atoms with Gasteiger partial charge in [-0.25, -0.2) is 0 Å². The van der Waals surface area contributed by atoms with Gasteiger partial charge < -0.3 is 18.3 Å². The van der Waals surface area contributed by atoms with Crippen LogP contribution in [0.4, 0.5) is 0 Å². The molecule has 0 N–H and O–H groups in total. The number of nitrogens with zero attached hydrogens (tertiary/aromatic N) is 4. The Balaban J connectivity index is 0.000000133. The van der Waals surface area contributed by atoms with Crippen molar-refractivity contribution < 1.29 is 0 Å². The number of fused-ring (bicyclic) bond motifs is 20. The van der Waals surface area contributed by atoms with Gasteiger partial charge in [-0.05, 0) is 184 Å². The number of hydrogen-bond acceptors (Lipinski definition) is 2. The molecule has 0 radical (unpaired) electrons. The molecule has 0 bridgehead atoms. The average molecular weight is 1330 g/mol. The lowest BCUT2D eigenvalue weighted by Gasteiger charge is -2.10. The second kappa shape index (κ2) is 23.4. The molecular formula is C96H60N4S2. The second-order valence-electron chi connectivity index (χ2n) is 26.7. The minimum Gasteiger partial charge on any atom is -0.309 e. The molecule has 6 heterocycles. The zero-order valence-corrected chi connectivity index (χ0v) is 56.9. The Hall–Kier alpha value is -12.8. The van der Waals surface area contributed by atoms with Crippen LogP contribution >= 0.6 is 22.7 Å². The van der Waals surface area contributed by atoms with E-state index in [0.717, 1.165) is 11.4 Å². The maximum absolute atomic E-state index is 2.43. The maximum atomic E-state index is 2.43.